The van der Waals surface area contributed by atoms with Crippen LogP contribution >= 0.6 is 23.8 Å². The number of rotatable bonds is 7. The Morgan fingerprint density at radius 1 is 1.22 bits per heavy atom. The molecule has 2 aromatic carbocycles. The van der Waals surface area contributed by atoms with Gasteiger partial charge in [0.15, 0.2) is 10.6 Å². The first-order valence-electron chi connectivity index (χ1n) is 8.48. The second-order valence-electron chi connectivity index (χ2n) is 6.05. The molecule has 0 aliphatic carbocycles. The number of nitrogens with zero attached hydrogens (tertiary/aromatic N) is 3. The zero-order valence-electron chi connectivity index (χ0n) is 14.9. The normalized spacial score (nSPS) is 10.6. The number of hydrogen-bond donors (Lipinski definition) is 2. The molecule has 3 rings (SSSR count). The van der Waals surface area contributed by atoms with E-state index in [1.165, 1.54) is 0 Å². The van der Waals surface area contributed by atoms with Gasteiger partial charge in [-0.05, 0) is 48.6 Å². The van der Waals surface area contributed by atoms with Crippen molar-refractivity contribution >= 4 is 35.4 Å². The van der Waals surface area contributed by atoms with E-state index in [2.05, 4.69) is 20.4 Å². The Hall–Kier alpha value is -2.64. The van der Waals surface area contributed by atoms with Gasteiger partial charge in [0.25, 0.3) is 0 Å². The number of aromatic amines is 1. The van der Waals surface area contributed by atoms with E-state index < -0.39 is 0 Å². The number of H-pyrrole nitrogens is 1. The average Bonchev–Trinajstić information content (AvgIpc) is 3.03. The highest BCUT2D eigenvalue weighted by Crippen LogP contribution is 2.19. The van der Waals surface area contributed by atoms with Crippen molar-refractivity contribution in [3.63, 3.8) is 0 Å². The molecule has 0 atom stereocenters. The lowest BCUT2D eigenvalue weighted by Gasteiger charge is -2.19. The Balaban J connectivity index is 1.59. The van der Waals surface area contributed by atoms with Crippen LogP contribution in [-0.4, -0.2) is 40.8 Å². The zero-order valence-corrected chi connectivity index (χ0v) is 16.4. The first-order valence-corrected chi connectivity index (χ1v) is 9.27. The summed E-state index contributed by atoms with van der Waals surface area (Å²) in [6.07, 6.45) is 0. The number of benzene rings is 2. The second kappa shape index (κ2) is 8.83. The average molecular weight is 402 g/mol. The van der Waals surface area contributed by atoms with Crippen molar-refractivity contribution in [3.05, 3.63) is 64.4 Å². The molecular weight excluding hydrogens is 382 g/mol. The van der Waals surface area contributed by atoms with Gasteiger partial charge >= 0.3 is 0 Å². The molecule has 0 aliphatic rings. The topological polar surface area (TPSA) is 66.0 Å². The summed E-state index contributed by atoms with van der Waals surface area (Å²) in [5.41, 5.74) is 1.94. The highest BCUT2D eigenvalue weighted by molar-refractivity contribution is 7.71. The predicted molar refractivity (Wildman–Crippen MR) is 111 cm³/mol. The molecule has 0 spiro atoms. The van der Waals surface area contributed by atoms with Gasteiger partial charge in [-0.2, -0.15) is 5.10 Å². The van der Waals surface area contributed by atoms with Gasteiger partial charge in [0.05, 0.1) is 0 Å². The molecule has 0 radical (unpaired) electrons. The van der Waals surface area contributed by atoms with E-state index >= 15 is 0 Å². The summed E-state index contributed by atoms with van der Waals surface area (Å²) in [6, 6.07) is 17.3. The van der Waals surface area contributed by atoms with Crippen LogP contribution in [0.25, 0.3) is 11.4 Å². The van der Waals surface area contributed by atoms with Crippen LogP contribution in [-0.2, 0) is 11.3 Å². The number of para-hydroxylation sites is 1. The highest BCUT2D eigenvalue weighted by atomic mass is 35.5. The summed E-state index contributed by atoms with van der Waals surface area (Å²) in [7, 11) is 1.99. The van der Waals surface area contributed by atoms with Crippen LogP contribution in [0.15, 0.2) is 54.6 Å². The molecule has 1 aromatic heterocycles. The van der Waals surface area contributed by atoms with Crippen molar-refractivity contribution in [1.29, 1.82) is 0 Å². The number of nitrogens with one attached hydrogen (secondary N) is 2. The molecule has 0 saturated heterocycles. The molecule has 2 N–H and O–H groups in total. The smallest absolute Gasteiger partial charge is 0.240 e. The monoisotopic (exact) mass is 401 g/mol. The molecule has 0 aliphatic heterocycles. The minimum absolute atomic E-state index is 0.0995. The lowest BCUT2D eigenvalue weighted by atomic mass is 10.2. The zero-order chi connectivity index (χ0) is 19.2. The molecule has 0 saturated carbocycles. The summed E-state index contributed by atoms with van der Waals surface area (Å²) in [5, 5.41) is 10.5. The molecule has 1 amide bonds. The molecule has 0 unspecified atom stereocenters. The summed E-state index contributed by atoms with van der Waals surface area (Å²) in [5.74, 6) is 0.484. The van der Waals surface area contributed by atoms with Gasteiger partial charge in [-0.3, -0.25) is 14.5 Å². The molecular formula is C19H20ClN5OS. The Kier molecular flexibility index (Phi) is 6.26. The van der Waals surface area contributed by atoms with Gasteiger partial charge in [-0.1, -0.05) is 29.8 Å². The molecule has 0 bridgehead atoms. The maximum absolute atomic E-state index is 12.4. The van der Waals surface area contributed by atoms with E-state index in [-0.39, 0.29) is 12.5 Å². The van der Waals surface area contributed by atoms with Gasteiger partial charge < -0.3 is 10.2 Å². The molecule has 6 nitrogen and oxygen atoms in total. The van der Waals surface area contributed by atoms with Gasteiger partial charge in [0, 0.05) is 36.4 Å². The van der Waals surface area contributed by atoms with Crippen molar-refractivity contribution in [3.8, 4) is 11.4 Å². The van der Waals surface area contributed by atoms with E-state index in [1.54, 1.807) is 16.7 Å². The maximum Gasteiger partial charge on any atom is 0.240 e. The Morgan fingerprint density at radius 3 is 2.63 bits per heavy atom. The fourth-order valence-electron chi connectivity index (χ4n) is 2.66. The number of anilines is 1. The van der Waals surface area contributed by atoms with Crippen LogP contribution in [0.4, 0.5) is 5.69 Å². The van der Waals surface area contributed by atoms with Crippen LogP contribution in [0, 0.1) is 4.77 Å². The third-order valence-electron chi connectivity index (χ3n) is 4.13. The number of amides is 1. The number of carbonyl (C=O) groups excluding carboxylic acids is 1. The van der Waals surface area contributed by atoms with Crippen molar-refractivity contribution in [2.45, 2.75) is 6.54 Å². The number of carbonyl (C=O) groups is 1. The molecule has 27 heavy (non-hydrogen) atoms. The Bertz CT molecular complexity index is 952. The summed E-state index contributed by atoms with van der Waals surface area (Å²) < 4.78 is 2.07. The van der Waals surface area contributed by atoms with Gasteiger partial charge in [0.2, 0.25) is 5.91 Å². The lowest BCUT2D eigenvalue weighted by molar-refractivity contribution is -0.121. The van der Waals surface area contributed by atoms with E-state index in [9.17, 15) is 4.79 Å². The molecule has 140 valence electrons. The number of aromatic nitrogens is 3. The quantitative estimate of drug-likeness (QED) is 0.594. The summed E-state index contributed by atoms with van der Waals surface area (Å²) in [6.45, 7) is 1.34. The summed E-state index contributed by atoms with van der Waals surface area (Å²) >= 11 is 11.2. The van der Waals surface area contributed by atoms with Gasteiger partial charge in [-0.25, -0.2) is 0 Å². The first-order chi connectivity index (χ1) is 13.0. The van der Waals surface area contributed by atoms with Crippen molar-refractivity contribution in [2.24, 2.45) is 0 Å². The molecule has 8 heteroatoms. The number of halogens is 1. The first kappa shape index (κ1) is 19.1. The summed E-state index contributed by atoms with van der Waals surface area (Å²) in [4.78, 5) is 14.4. The fraction of sp³-hybridized carbons (Fsp3) is 0.211. The highest BCUT2D eigenvalue weighted by Gasteiger charge is 2.12. The number of hydrogen-bond acceptors (Lipinski definition) is 4. The Morgan fingerprint density at radius 2 is 1.93 bits per heavy atom. The third kappa shape index (κ3) is 4.96. The predicted octanol–water partition coefficient (Wildman–Crippen LogP) is 3.51. The SMILES string of the molecule is CN(CCNC(=O)Cn1c(-c2ccc(Cl)cc2)n[nH]c1=S)c1ccccc1. The van der Waals surface area contributed by atoms with E-state index in [0.29, 0.717) is 28.7 Å². The van der Waals surface area contributed by atoms with E-state index in [1.807, 2.05) is 49.5 Å². The minimum atomic E-state index is -0.121. The van der Waals surface area contributed by atoms with Crippen LogP contribution in [0.3, 0.4) is 0 Å². The second-order valence-corrected chi connectivity index (χ2v) is 6.88. The van der Waals surface area contributed by atoms with Crippen molar-refractivity contribution in [1.82, 2.24) is 20.1 Å². The van der Waals surface area contributed by atoms with Crippen LogP contribution in [0.2, 0.25) is 5.02 Å². The lowest BCUT2D eigenvalue weighted by Crippen LogP contribution is -2.35. The van der Waals surface area contributed by atoms with Crippen molar-refractivity contribution in [2.75, 3.05) is 25.0 Å². The molecule has 3 aromatic rings. The van der Waals surface area contributed by atoms with Gasteiger partial charge in [-0.15, -0.1) is 0 Å². The van der Waals surface area contributed by atoms with E-state index in [0.717, 1.165) is 11.3 Å². The van der Waals surface area contributed by atoms with Gasteiger partial charge in [0.1, 0.15) is 6.54 Å². The van der Waals surface area contributed by atoms with Crippen LogP contribution in [0.5, 0.6) is 0 Å². The number of likely N-dealkylation sites (N-methyl/N-ethyl adjacent to an activating group) is 1. The minimum Gasteiger partial charge on any atom is -0.373 e. The fourth-order valence-corrected chi connectivity index (χ4v) is 2.98. The third-order valence-corrected chi connectivity index (χ3v) is 4.69. The Labute approximate surface area is 167 Å². The van der Waals surface area contributed by atoms with E-state index in [4.69, 9.17) is 23.8 Å². The maximum atomic E-state index is 12.4. The molecule has 1 heterocycles. The van der Waals surface area contributed by atoms with Crippen LogP contribution in [0.1, 0.15) is 0 Å². The standard InChI is InChI=1S/C19H20ClN5OS/c1-24(16-5-3-2-4-6-16)12-11-21-17(26)13-25-18(22-23-19(25)27)14-7-9-15(20)10-8-14/h2-10H,11-13H2,1H3,(H,21,26)(H,23,27). The van der Waals surface area contributed by atoms with Crippen LogP contribution < -0.4 is 10.2 Å². The largest absolute Gasteiger partial charge is 0.373 e. The van der Waals surface area contributed by atoms with Crippen molar-refractivity contribution < 1.29 is 4.79 Å². The molecule has 0 fully saturated rings.